The lowest BCUT2D eigenvalue weighted by Crippen LogP contribution is -2.35. The van der Waals surface area contributed by atoms with Gasteiger partial charge in [-0.25, -0.2) is 4.39 Å². The molecular formula is C6H9FO2. The first-order valence-corrected chi connectivity index (χ1v) is 3.00. The van der Waals surface area contributed by atoms with Crippen LogP contribution in [0.3, 0.4) is 0 Å². The van der Waals surface area contributed by atoms with Crippen molar-refractivity contribution in [2.75, 3.05) is 13.2 Å². The molecule has 0 radical (unpaired) electrons. The second-order valence-electron chi connectivity index (χ2n) is 2.31. The Hall–Kier alpha value is -0.440. The molecule has 0 aromatic heterocycles. The van der Waals surface area contributed by atoms with Crippen molar-refractivity contribution in [3.63, 3.8) is 0 Å². The molecule has 0 bridgehead atoms. The molecule has 1 heterocycles. The number of rotatable bonds is 1. The lowest BCUT2D eigenvalue weighted by atomic mass is 10.0. The average Bonchev–Trinajstić information content (AvgIpc) is 1.90. The number of carbonyl (C=O) groups excluding carboxylic acids is 1. The van der Waals surface area contributed by atoms with Crippen molar-refractivity contribution in [3.05, 3.63) is 0 Å². The fraction of sp³-hybridized carbons (Fsp3) is 0.833. The van der Waals surface area contributed by atoms with E-state index in [1.54, 1.807) is 0 Å². The average molecular weight is 132 g/mol. The summed E-state index contributed by atoms with van der Waals surface area (Å²) >= 11 is 0. The van der Waals surface area contributed by atoms with Gasteiger partial charge in [-0.3, -0.25) is 4.79 Å². The van der Waals surface area contributed by atoms with Crippen LogP contribution in [-0.4, -0.2) is 25.2 Å². The molecule has 0 aromatic carbocycles. The van der Waals surface area contributed by atoms with Crippen molar-refractivity contribution in [1.82, 2.24) is 0 Å². The van der Waals surface area contributed by atoms with E-state index in [0.717, 1.165) is 0 Å². The summed E-state index contributed by atoms with van der Waals surface area (Å²) in [6.45, 7) is 0.524. The highest BCUT2D eigenvalue weighted by Crippen LogP contribution is 2.20. The largest absolute Gasteiger partial charge is 0.378 e. The van der Waals surface area contributed by atoms with Gasteiger partial charge in [0.1, 0.15) is 0 Å². The van der Waals surface area contributed by atoms with Crippen LogP contribution in [0.4, 0.5) is 4.39 Å². The zero-order chi connectivity index (χ0) is 6.74. The number of hydrogen-bond donors (Lipinski definition) is 0. The molecule has 0 aromatic rings. The minimum atomic E-state index is -1.68. The third kappa shape index (κ3) is 1.48. The van der Waals surface area contributed by atoms with Crippen LogP contribution in [0.5, 0.6) is 0 Å². The maximum Gasteiger partial charge on any atom is 0.188 e. The van der Waals surface area contributed by atoms with Gasteiger partial charge >= 0.3 is 0 Å². The Labute approximate surface area is 53.0 Å². The Morgan fingerprint density at radius 2 is 2.44 bits per heavy atom. The van der Waals surface area contributed by atoms with Crippen molar-refractivity contribution in [1.29, 1.82) is 0 Å². The summed E-state index contributed by atoms with van der Waals surface area (Å²) in [4.78, 5) is 10.0. The van der Waals surface area contributed by atoms with E-state index in [9.17, 15) is 9.18 Å². The van der Waals surface area contributed by atoms with Crippen molar-refractivity contribution in [2.24, 2.45) is 0 Å². The van der Waals surface area contributed by atoms with E-state index in [1.165, 1.54) is 0 Å². The Morgan fingerprint density at radius 3 is 2.78 bits per heavy atom. The third-order valence-electron chi connectivity index (χ3n) is 1.43. The number of alkyl halides is 1. The summed E-state index contributed by atoms with van der Waals surface area (Å²) in [6, 6.07) is 0. The number of halogens is 1. The topological polar surface area (TPSA) is 26.3 Å². The molecule has 2 nitrogen and oxygen atoms in total. The summed E-state index contributed by atoms with van der Waals surface area (Å²) < 4.78 is 17.6. The standard InChI is InChI=1S/C6H9FO2/c7-6(4-8)2-1-3-9-5-6/h4H,1-3,5H2. The molecule has 1 fully saturated rings. The van der Waals surface area contributed by atoms with Crippen LogP contribution in [0.1, 0.15) is 12.8 Å². The molecule has 0 saturated carbocycles. The Bertz CT molecular complexity index is 108. The monoisotopic (exact) mass is 132 g/mol. The molecule has 0 aliphatic carbocycles. The van der Waals surface area contributed by atoms with Crippen LogP contribution >= 0.6 is 0 Å². The highest BCUT2D eigenvalue weighted by atomic mass is 19.1. The fourth-order valence-corrected chi connectivity index (χ4v) is 0.875. The minimum Gasteiger partial charge on any atom is -0.378 e. The second-order valence-corrected chi connectivity index (χ2v) is 2.31. The lowest BCUT2D eigenvalue weighted by molar-refractivity contribution is -0.126. The molecule has 1 rings (SSSR count). The van der Waals surface area contributed by atoms with Gasteiger partial charge in [0.05, 0.1) is 6.61 Å². The summed E-state index contributed by atoms with van der Waals surface area (Å²) in [7, 11) is 0. The van der Waals surface area contributed by atoms with Gasteiger partial charge in [0.15, 0.2) is 12.0 Å². The summed E-state index contributed by atoms with van der Waals surface area (Å²) in [6.07, 6.45) is 1.30. The zero-order valence-electron chi connectivity index (χ0n) is 5.10. The predicted octanol–water partition coefficient (Wildman–Crippen LogP) is 0.704. The zero-order valence-corrected chi connectivity index (χ0v) is 5.10. The lowest BCUT2D eigenvalue weighted by Gasteiger charge is -2.23. The van der Waals surface area contributed by atoms with E-state index in [-0.39, 0.29) is 6.61 Å². The first-order chi connectivity index (χ1) is 4.27. The number of hydrogen-bond acceptors (Lipinski definition) is 2. The molecule has 0 amide bonds. The summed E-state index contributed by atoms with van der Waals surface area (Å²) in [5, 5.41) is 0. The molecule has 1 aliphatic rings. The Morgan fingerprint density at radius 1 is 1.67 bits per heavy atom. The Kier molecular flexibility index (Phi) is 1.81. The highest BCUT2D eigenvalue weighted by molar-refractivity contribution is 5.62. The van der Waals surface area contributed by atoms with Crippen molar-refractivity contribution in [3.8, 4) is 0 Å². The predicted molar refractivity (Wildman–Crippen MR) is 30.0 cm³/mol. The van der Waals surface area contributed by atoms with E-state index in [4.69, 9.17) is 4.74 Å². The molecule has 3 heteroatoms. The van der Waals surface area contributed by atoms with Crippen molar-refractivity contribution >= 4 is 6.29 Å². The molecule has 0 N–H and O–H groups in total. The van der Waals surface area contributed by atoms with Crippen LogP contribution in [-0.2, 0) is 9.53 Å². The Balaban J connectivity index is 2.46. The van der Waals surface area contributed by atoms with Gasteiger partial charge in [-0.05, 0) is 12.8 Å². The van der Waals surface area contributed by atoms with Gasteiger partial charge in [-0.15, -0.1) is 0 Å². The maximum atomic E-state index is 12.8. The first kappa shape index (κ1) is 6.68. The highest BCUT2D eigenvalue weighted by Gasteiger charge is 2.31. The summed E-state index contributed by atoms with van der Waals surface area (Å²) in [5.41, 5.74) is -1.68. The normalized spacial score (nSPS) is 36.1. The van der Waals surface area contributed by atoms with Crippen LogP contribution in [0, 0.1) is 0 Å². The van der Waals surface area contributed by atoms with E-state index >= 15 is 0 Å². The third-order valence-corrected chi connectivity index (χ3v) is 1.43. The molecule has 0 spiro atoms. The maximum absolute atomic E-state index is 12.8. The van der Waals surface area contributed by atoms with Crippen molar-refractivity contribution in [2.45, 2.75) is 18.5 Å². The van der Waals surface area contributed by atoms with Gasteiger partial charge in [0, 0.05) is 6.61 Å². The van der Waals surface area contributed by atoms with Gasteiger partial charge < -0.3 is 4.74 Å². The van der Waals surface area contributed by atoms with Crippen LogP contribution in [0.15, 0.2) is 0 Å². The smallest absolute Gasteiger partial charge is 0.188 e. The quantitative estimate of drug-likeness (QED) is 0.491. The first-order valence-electron chi connectivity index (χ1n) is 3.00. The molecule has 1 aliphatic heterocycles. The molecule has 1 saturated heterocycles. The fourth-order valence-electron chi connectivity index (χ4n) is 0.875. The molecule has 1 unspecified atom stereocenters. The van der Waals surface area contributed by atoms with Crippen LogP contribution < -0.4 is 0 Å². The molecule has 1 atom stereocenters. The van der Waals surface area contributed by atoms with E-state index in [0.29, 0.717) is 25.7 Å². The van der Waals surface area contributed by atoms with Gasteiger partial charge in [-0.2, -0.15) is 0 Å². The van der Waals surface area contributed by atoms with E-state index < -0.39 is 5.67 Å². The molecule has 9 heavy (non-hydrogen) atoms. The molecular weight excluding hydrogens is 123 g/mol. The van der Waals surface area contributed by atoms with E-state index in [1.807, 2.05) is 0 Å². The summed E-state index contributed by atoms with van der Waals surface area (Å²) in [5.74, 6) is 0. The number of carbonyl (C=O) groups is 1. The van der Waals surface area contributed by atoms with Gasteiger partial charge in [-0.1, -0.05) is 0 Å². The van der Waals surface area contributed by atoms with Crippen molar-refractivity contribution < 1.29 is 13.9 Å². The second kappa shape index (κ2) is 2.43. The van der Waals surface area contributed by atoms with Crippen LogP contribution in [0.25, 0.3) is 0 Å². The minimum absolute atomic E-state index is 0.0590. The molecule has 52 valence electrons. The van der Waals surface area contributed by atoms with Gasteiger partial charge in [0.2, 0.25) is 0 Å². The number of ether oxygens (including phenoxy) is 1. The number of aldehydes is 1. The van der Waals surface area contributed by atoms with Gasteiger partial charge in [0.25, 0.3) is 0 Å². The SMILES string of the molecule is O=CC1(F)CCCOC1. The van der Waals surface area contributed by atoms with E-state index in [2.05, 4.69) is 0 Å². The van der Waals surface area contributed by atoms with Crippen LogP contribution in [0.2, 0.25) is 0 Å².